The number of rotatable bonds is 4. The summed E-state index contributed by atoms with van der Waals surface area (Å²) >= 11 is 1.15. The Bertz CT molecular complexity index is 1170. The fourth-order valence-corrected chi connectivity index (χ4v) is 5.47. The molecule has 0 aliphatic carbocycles. The first-order valence-corrected chi connectivity index (χ1v) is 10.8. The average molecular weight is 476 g/mol. The van der Waals surface area contributed by atoms with Gasteiger partial charge in [0.25, 0.3) is 0 Å². The predicted octanol–water partition coefficient (Wildman–Crippen LogP) is 4.37. The molecule has 1 fully saturated rings. The van der Waals surface area contributed by atoms with Crippen molar-refractivity contribution in [1.29, 1.82) is 5.26 Å². The van der Waals surface area contributed by atoms with Gasteiger partial charge in [0, 0.05) is 17.9 Å². The molecule has 1 saturated heterocycles. The summed E-state index contributed by atoms with van der Waals surface area (Å²) in [6.07, 6.45) is -4.64. The molecule has 2 aromatic carbocycles. The van der Waals surface area contributed by atoms with Gasteiger partial charge in [0.1, 0.15) is 0 Å². The molecule has 0 unspecified atom stereocenters. The van der Waals surface area contributed by atoms with Gasteiger partial charge < -0.3 is 14.6 Å². The van der Waals surface area contributed by atoms with Crippen LogP contribution in [-0.2, 0) is 16.7 Å². The molecule has 0 aromatic heterocycles. The molecule has 10 heteroatoms. The van der Waals surface area contributed by atoms with Crippen molar-refractivity contribution in [3.05, 3.63) is 69.8 Å². The van der Waals surface area contributed by atoms with Crippen LogP contribution in [0.4, 0.5) is 13.2 Å². The lowest BCUT2D eigenvalue weighted by molar-refractivity contribution is -0.149. The molecule has 1 amide bonds. The topological polar surface area (TPSA) is 82.8 Å². The first-order valence-electron chi connectivity index (χ1n) is 9.86. The number of halogens is 3. The molecule has 0 spiro atoms. The number of aliphatic hydroxyl groups is 1. The first kappa shape index (κ1) is 23.0. The highest BCUT2D eigenvalue weighted by molar-refractivity contribution is 8.03. The number of allylic oxidation sites excluding steroid dienone is 1. The fourth-order valence-electron chi connectivity index (χ4n) is 4.11. The average Bonchev–Trinajstić information content (AvgIpc) is 3.17. The number of methoxy groups -OCH3 is 2. The van der Waals surface area contributed by atoms with E-state index < -0.39 is 29.3 Å². The van der Waals surface area contributed by atoms with Crippen LogP contribution in [0.15, 0.2) is 53.1 Å². The van der Waals surface area contributed by atoms with E-state index in [1.807, 2.05) is 0 Å². The Morgan fingerprint density at radius 1 is 1.15 bits per heavy atom. The van der Waals surface area contributed by atoms with E-state index in [-0.39, 0.29) is 17.7 Å². The van der Waals surface area contributed by atoms with Gasteiger partial charge in [-0.1, -0.05) is 18.2 Å². The minimum atomic E-state index is -4.48. The van der Waals surface area contributed by atoms with Gasteiger partial charge in [0.15, 0.2) is 17.2 Å². The van der Waals surface area contributed by atoms with Crippen LogP contribution in [0.3, 0.4) is 0 Å². The maximum Gasteiger partial charge on any atom is 0.416 e. The van der Waals surface area contributed by atoms with Crippen molar-refractivity contribution >= 4 is 17.7 Å². The Labute approximate surface area is 192 Å². The zero-order valence-electron chi connectivity index (χ0n) is 17.6. The van der Waals surface area contributed by atoms with Crippen LogP contribution in [-0.4, -0.2) is 35.9 Å². The summed E-state index contributed by atoms with van der Waals surface area (Å²) in [6, 6.07) is 11.4. The maximum absolute atomic E-state index is 13.2. The number of ether oxygens (including phenoxy) is 2. The van der Waals surface area contributed by atoms with E-state index in [0.29, 0.717) is 27.7 Å². The number of nitrogens with zero attached hydrogens (tertiary/aromatic N) is 2. The number of carbonyl (C=O) groups is 1. The summed E-state index contributed by atoms with van der Waals surface area (Å²) in [4.78, 5) is 14.4. The smallest absolute Gasteiger partial charge is 0.416 e. The summed E-state index contributed by atoms with van der Waals surface area (Å²) in [5.74, 6) is -0.226. The maximum atomic E-state index is 13.2. The van der Waals surface area contributed by atoms with E-state index in [2.05, 4.69) is 6.07 Å². The third-order valence-corrected chi connectivity index (χ3v) is 7.02. The third-order valence-electron chi connectivity index (χ3n) is 5.80. The van der Waals surface area contributed by atoms with Gasteiger partial charge in [-0.05, 0) is 29.8 Å². The van der Waals surface area contributed by atoms with Crippen molar-refractivity contribution in [2.45, 2.75) is 24.2 Å². The van der Waals surface area contributed by atoms with Gasteiger partial charge in [0.05, 0.1) is 42.2 Å². The molecule has 2 aliphatic heterocycles. The molecule has 6 nitrogen and oxygen atoms in total. The second-order valence-electron chi connectivity index (χ2n) is 7.61. The van der Waals surface area contributed by atoms with Gasteiger partial charge in [0.2, 0.25) is 5.91 Å². The molecule has 4 rings (SSSR count). The second-order valence-corrected chi connectivity index (χ2v) is 8.58. The molecule has 0 saturated carbocycles. The quantitative estimate of drug-likeness (QED) is 0.706. The summed E-state index contributed by atoms with van der Waals surface area (Å²) in [7, 11) is 2.93. The molecule has 0 radical (unpaired) electrons. The summed E-state index contributed by atoms with van der Waals surface area (Å²) in [5, 5.41) is 21.7. The lowest BCUT2D eigenvalue weighted by Gasteiger charge is -2.38. The zero-order valence-corrected chi connectivity index (χ0v) is 18.5. The van der Waals surface area contributed by atoms with Gasteiger partial charge in [-0.25, -0.2) is 0 Å². The van der Waals surface area contributed by atoms with Crippen LogP contribution in [0.5, 0.6) is 11.5 Å². The van der Waals surface area contributed by atoms with E-state index >= 15 is 0 Å². The Morgan fingerprint density at radius 3 is 2.39 bits per heavy atom. The van der Waals surface area contributed by atoms with Gasteiger partial charge in [-0.15, -0.1) is 11.8 Å². The van der Waals surface area contributed by atoms with Crippen LogP contribution in [0.1, 0.15) is 29.0 Å². The number of hydrogen-bond acceptors (Lipinski definition) is 6. The van der Waals surface area contributed by atoms with E-state index in [4.69, 9.17) is 9.47 Å². The summed E-state index contributed by atoms with van der Waals surface area (Å²) < 4.78 is 49.3. The number of benzene rings is 2. The monoisotopic (exact) mass is 476 g/mol. The lowest BCUT2D eigenvalue weighted by Crippen LogP contribution is -2.48. The van der Waals surface area contributed by atoms with Crippen molar-refractivity contribution in [3.63, 3.8) is 0 Å². The highest BCUT2D eigenvalue weighted by atomic mass is 32.2. The molecular weight excluding hydrogens is 457 g/mol. The van der Waals surface area contributed by atoms with E-state index in [0.717, 1.165) is 23.9 Å². The minimum absolute atomic E-state index is 0.0778. The number of hydrogen-bond donors (Lipinski definition) is 1. The molecule has 1 N–H and O–H groups in total. The minimum Gasteiger partial charge on any atom is -0.493 e. The fraction of sp³-hybridized carbons (Fsp3) is 0.304. The highest BCUT2D eigenvalue weighted by Crippen LogP contribution is 2.52. The Hall–Kier alpha value is -3.16. The second kappa shape index (κ2) is 8.32. The molecule has 172 valence electrons. The number of thioether (sulfide) groups is 1. The number of nitriles is 1. The van der Waals surface area contributed by atoms with Crippen LogP contribution < -0.4 is 9.47 Å². The molecule has 2 heterocycles. The Balaban J connectivity index is 1.75. The zero-order chi connectivity index (χ0) is 24.0. The van der Waals surface area contributed by atoms with Crippen molar-refractivity contribution in [2.24, 2.45) is 0 Å². The number of carbonyl (C=O) groups excluding carboxylic acids is 1. The molecule has 2 atom stereocenters. The normalized spacial score (nSPS) is 22.8. The Morgan fingerprint density at radius 2 is 1.82 bits per heavy atom. The molecule has 0 bridgehead atoms. The van der Waals surface area contributed by atoms with Crippen LogP contribution >= 0.6 is 11.8 Å². The Kier molecular flexibility index (Phi) is 5.80. The SMILES string of the molecule is COc1ccc([C@]2(O)CSC3=C(C#N)[C@H](c4ccc(C(F)(F)F)cc4)CC(=O)N32)cc1OC. The van der Waals surface area contributed by atoms with Crippen molar-refractivity contribution < 1.29 is 32.5 Å². The van der Waals surface area contributed by atoms with E-state index in [9.17, 15) is 28.3 Å². The summed E-state index contributed by atoms with van der Waals surface area (Å²) in [5.41, 5.74) is -1.47. The van der Waals surface area contributed by atoms with Crippen molar-refractivity contribution in [3.8, 4) is 17.6 Å². The van der Waals surface area contributed by atoms with Gasteiger partial charge in [-0.2, -0.15) is 18.4 Å². The van der Waals surface area contributed by atoms with Crippen molar-refractivity contribution in [2.75, 3.05) is 20.0 Å². The predicted molar refractivity (Wildman–Crippen MR) is 114 cm³/mol. The van der Waals surface area contributed by atoms with Crippen LogP contribution in [0.25, 0.3) is 0 Å². The van der Waals surface area contributed by atoms with Gasteiger partial charge in [-0.3, -0.25) is 9.69 Å². The standard InChI is InChI=1S/C23H19F3N2O4S/c1-31-18-8-7-15(9-19(18)32-2)22(30)12-33-21-17(11-27)16(10-20(29)28(21)22)13-3-5-14(6-4-13)23(24,25)26/h3-9,16,30H,10,12H2,1-2H3/t16-,22+/m0/s1. The third kappa shape index (κ3) is 3.81. The highest BCUT2D eigenvalue weighted by Gasteiger charge is 2.52. The molecule has 2 aromatic rings. The lowest BCUT2D eigenvalue weighted by atomic mass is 9.85. The largest absolute Gasteiger partial charge is 0.493 e. The molecule has 2 aliphatic rings. The summed E-state index contributed by atoms with van der Waals surface area (Å²) in [6.45, 7) is 0. The number of alkyl halides is 3. The van der Waals surface area contributed by atoms with Crippen LogP contribution in [0.2, 0.25) is 0 Å². The van der Waals surface area contributed by atoms with Crippen LogP contribution in [0, 0.1) is 11.3 Å². The number of amides is 1. The van der Waals surface area contributed by atoms with E-state index in [1.165, 1.54) is 31.3 Å². The molecular formula is C23H19F3N2O4S. The van der Waals surface area contributed by atoms with Crippen molar-refractivity contribution in [1.82, 2.24) is 4.90 Å². The number of fused-ring (bicyclic) bond motifs is 1. The molecule has 33 heavy (non-hydrogen) atoms. The van der Waals surface area contributed by atoms with Gasteiger partial charge >= 0.3 is 6.18 Å². The van der Waals surface area contributed by atoms with E-state index in [1.54, 1.807) is 18.2 Å². The first-order chi connectivity index (χ1) is 15.6.